The van der Waals surface area contributed by atoms with Gasteiger partial charge in [0.1, 0.15) is 5.69 Å². The van der Waals surface area contributed by atoms with Gasteiger partial charge < -0.3 is 15.6 Å². The van der Waals surface area contributed by atoms with Gasteiger partial charge in [0.05, 0.1) is 0 Å². The van der Waals surface area contributed by atoms with Crippen LogP contribution in [0.4, 0.5) is 5.69 Å². The Bertz CT molecular complexity index is 646. The Morgan fingerprint density at radius 1 is 1.40 bits per heavy atom. The number of nitrogens with one attached hydrogen (secondary N) is 1. The van der Waals surface area contributed by atoms with Crippen LogP contribution in [0.25, 0.3) is 0 Å². The van der Waals surface area contributed by atoms with E-state index < -0.39 is 0 Å². The molecule has 1 heterocycles. The van der Waals surface area contributed by atoms with Crippen molar-refractivity contribution in [3.05, 3.63) is 52.3 Å². The summed E-state index contributed by atoms with van der Waals surface area (Å²) in [5.74, 6) is -0.0863. The van der Waals surface area contributed by atoms with Gasteiger partial charge in [0.2, 0.25) is 0 Å². The molecule has 20 heavy (non-hydrogen) atoms. The lowest BCUT2D eigenvalue weighted by atomic mass is 10.2. The summed E-state index contributed by atoms with van der Waals surface area (Å²) < 4.78 is 2.98. The van der Waals surface area contributed by atoms with E-state index in [-0.39, 0.29) is 5.91 Å². The lowest BCUT2D eigenvalue weighted by Gasteiger charge is -2.09. The Balaban J connectivity index is 1.82. The first kappa shape index (κ1) is 13.4. The van der Waals surface area contributed by atoms with E-state index in [1.165, 1.54) is 0 Å². The smallest absolute Gasteiger partial charge is 0.272 e. The number of rotatable bonds is 4. The van der Waals surface area contributed by atoms with Crippen LogP contribution in [-0.2, 0) is 6.54 Å². The average Bonchev–Trinajstić information content (AvgIpc) is 3.21. The molecule has 104 valence electrons. The van der Waals surface area contributed by atoms with Crippen molar-refractivity contribution in [1.29, 1.82) is 0 Å². The van der Waals surface area contributed by atoms with Crippen LogP contribution in [-0.4, -0.2) is 10.5 Å². The highest BCUT2D eigenvalue weighted by atomic mass is 79.9. The Kier molecular flexibility index (Phi) is 3.63. The second-order valence-electron chi connectivity index (χ2n) is 5.04. The van der Waals surface area contributed by atoms with Gasteiger partial charge in [-0.2, -0.15) is 0 Å². The third-order valence-corrected chi connectivity index (χ3v) is 3.84. The lowest BCUT2D eigenvalue weighted by Crippen LogP contribution is -2.16. The average molecular weight is 334 g/mol. The van der Waals surface area contributed by atoms with E-state index in [1.807, 2.05) is 41.1 Å². The molecule has 1 fully saturated rings. The summed E-state index contributed by atoms with van der Waals surface area (Å²) in [5.41, 5.74) is 8.08. The maximum absolute atomic E-state index is 12.4. The molecule has 0 radical (unpaired) electrons. The fraction of sp³-hybridized carbons (Fsp3) is 0.267. The van der Waals surface area contributed by atoms with Crippen LogP contribution in [0.2, 0.25) is 0 Å². The summed E-state index contributed by atoms with van der Waals surface area (Å²) in [6.07, 6.45) is 4.26. The highest BCUT2D eigenvalue weighted by Gasteiger charge is 2.27. The SMILES string of the molecule is NCc1cccc(NC(=O)c2cc(Br)cn2C2CC2)c1. The van der Waals surface area contributed by atoms with E-state index in [2.05, 4.69) is 21.2 Å². The van der Waals surface area contributed by atoms with Gasteiger partial charge >= 0.3 is 0 Å². The molecule has 2 aromatic rings. The number of benzene rings is 1. The van der Waals surface area contributed by atoms with Crippen LogP contribution >= 0.6 is 15.9 Å². The second-order valence-corrected chi connectivity index (χ2v) is 5.96. The minimum absolute atomic E-state index is 0.0863. The summed E-state index contributed by atoms with van der Waals surface area (Å²) >= 11 is 3.44. The lowest BCUT2D eigenvalue weighted by molar-refractivity contribution is 0.101. The number of halogens is 1. The van der Waals surface area contributed by atoms with E-state index in [9.17, 15) is 4.79 Å². The molecule has 5 heteroatoms. The Labute approximate surface area is 126 Å². The van der Waals surface area contributed by atoms with Gasteiger partial charge in [-0.1, -0.05) is 12.1 Å². The van der Waals surface area contributed by atoms with Crippen LogP contribution in [0.15, 0.2) is 41.0 Å². The normalized spacial score (nSPS) is 14.3. The molecule has 1 saturated carbocycles. The summed E-state index contributed by atoms with van der Waals surface area (Å²) in [7, 11) is 0. The number of anilines is 1. The van der Waals surface area contributed by atoms with Crippen LogP contribution in [0.5, 0.6) is 0 Å². The Morgan fingerprint density at radius 2 is 2.20 bits per heavy atom. The van der Waals surface area contributed by atoms with Crippen molar-refractivity contribution in [2.24, 2.45) is 5.73 Å². The predicted molar refractivity (Wildman–Crippen MR) is 82.7 cm³/mol. The highest BCUT2D eigenvalue weighted by molar-refractivity contribution is 9.10. The third-order valence-electron chi connectivity index (χ3n) is 3.41. The molecule has 0 bridgehead atoms. The number of nitrogens with two attached hydrogens (primary N) is 1. The van der Waals surface area contributed by atoms with Gasteiger partial charge in [-0.15, -0.1) is 0 Å². The minimum atomic E-state index is -0.0863. The summed E-state index contributed by atoms with van der Waals surface area (Å²) in [6.45, 7) is 0.466. The van der Waals surface area contributed by atoms with Crippen LogP contribution in [0.3, 0.4) is 0 Å². The second kappa shape index (κ2) is 5.42. The van der Waals surface area contributed by atoms with Crippen LogP contribution < -0.4 is 11.1 Å². The third kappa shape index (κ3) is 2.78. The molecule has 1 aromatic carbocycles. The first-order chi connectivity index (χ1) is 9.67. The summed E-state index contributed by atoms with van der Waals surface area (Å²) in [6, 6.07) is 9.94. The molecular weight excluding hydrogens is 318 g/mol. The number of hydrogen-bond acceptors (Lipinski definition) is 2. The van der Waals surface area contributed by atoms with Crippen molar-refractivity contribution in [1.82, 2.24) is 4.57 Å². The first-order valence-electron chi connectivity index (χ1n) is 6.65. The fourth-order valence-corrected chi connectivity index (χ4v) is 2.69. The molecule has 4 nitrogen and oxygen atoms in total. The molecule has 0 atom stereocenters. The minimum Gasteiger partial charge on any atom is -0.339 e. The molecule has 3 rings (SSSR count). The largest absolute Gasteiger partial charge is 0.339 e. The number of hydrogen-bond donors (Lipinski definition) is 2. The molecule has 0 unspecified atom stereocenters. The quantitative estimate of drug-likeness (QED) is 0.901. The number of aromatic nitrogens is 1. The first-order valence-corrected chi connectivity index (χ1v) is 7.44. The fourth-order valence-electron chi connectivity index (χ4n) is 2.25. The van der Waals surface area contributed by atoms with Gasteiger partial charge in [-0.3, -0.25) is 4.79 Å². The van der Waals surface area contributed by atoms with Crippen molar-refractivity contribution in [3.63, 3.8) is 0 Å². The number of nitrogens with zero attached hydrogens (tertiary/aromatic N) is 1. The van der Waals surface area contributed by atoms with Crippen molar-refractivity contribution < 1.29 is 4.79 Å². The standard InChI is InChI=1S/C15H16BrN3O/c16-11-7-14(19(9-11)13-4-5-13)15(20)18-12-3-1-2-10(6-12)8-17/h1-3,6-7,9,13H,4-5,8,17H2,(H,18,20). The number of amides is 1. The highest BCUT2D eigenvalue weighted by Crippen LogP contribution is 2.37. The van der Waals surface area contributed by atoms with Gasteiger partial charge in [0.15, 0.2) is 0 Å². The zero-order valence-electron chi connectivity index (χ0n) is 11.0. The van der Waals surface area contributed by atoms with Gasteiger partial charge in [-0.05, 0) is 52.5 Å². The molecule has 1 aromatic heterocycles. The Morgan fingerprint density at radius 3 is 2.90 bits per heavy atom. The van der Waals surface area contributed by atoms with E-state index in [4.69, 9.17) is 5.73 Å². The maximum Gasteiger partial charge on any atom is 0.272 e. The monoisotopic (exact) mass is 333 g/mol. The molecule has 0 aliphatic heterocycles. The molecule has 1 aliphatic carbocycles. The summed E-state index contributed by atoms with van der Waals surface area (Å²) in [5, 5.41) is 2.93. The van der Waals surface area contributed by atoms with Crippen LogP contribution in [0.1, 0.15) is 34.9 Å². The number of carbonyl (C=O) groups is 1. The van der Waals surface area contributed by atoms with Gasteiger partial charge in [0.25, 0.3) is 5.91 Å². The zero-order valence-corrected chi connectivity index (χ0v) is 12.6. The van der Waals surface area contributed by atoms with Gasteiger partial charge in [-0.25, -0.2) is 0 Å². The topological polar surface area (TPSA) is 60.0 Å². The molecular formula is C15H16BrN3O. The van der Waals surface area contributed by atoms with E-state index >= 15 is 0 Å². The predicted octanol–water partition coefficient (Wildman–Crippen LogP) is 3.30. The van der Waals surface area contributed by atoms with Crippen LogP contribution in [0, 0.1) is 0 Å². The zero-order chi connectivity index (χ0) is 14.1. The molecule has 0 spiro atoms. The number of carbonyl (C=O) groups excluding carboxylic acids is 1. The molecule has 1 amide bonds. The Hall–Kier alpha value is -1.59. The summed E-state index contributed by atoms with van der Waals surface area (Å²) in [4.78, 5) is 12.4. The van der Waals surface area contributed by atoms with E-state index in [1.54, 1.807) is 0 Å². The van der Waals surface area contributed by atoms with Crippen molar-refractivity contribution in [3.8, 4) is 0 Å². The molecule has 3 N–H and O–H groups in total. The van der Waals surface area contributed by atoms with Gasteiger partial charge in [0, 0.05) is 28.9 Å². The van der Waals surface area contributed by atoms with Crippen molar-refractivity contribution in [2.45, 2.75) is 25.4 Å². The molecule has 0 saturated heterocycles. The van der Waals surface area contributed by atoms with Crippen molar-refractivity contribution in [2.75, 3.05) is 5.32 Å². The van der Waals surface area contributed by atoms with E-state index in [0.717, 1.165) is 28.6 Å². The van der Waals surface area contributed by atoms with E-state index in [0.29, 0.717) is 18.3 Å². The maximum atomic E-state index is 12.4. The van der Waals surface area contributed by atoms with Crippen molar-refractivity contribution >= 4 is 27.5 Å². The molecule has 1 aliphatic rings.